The number of nitrogens with zero attached hydrogens (tertiary/aromatic N) is 3. The molecule has 0 radical (unpaired) electrons. The Hall–Kier alpha value is -2.57. The van der Waals surface area contributed by atoms with Crippen molar-refractivity contribution in [3.05, 3.63) is 42.0 Å². The third-order valence-electron chi connectivity index (χ3n) is 2.68. The zero-order chi connectivity index (χ0) is 12.7. The van der Waals surface area contributed by atoms with E-state index in [4.69, 9.17) is 0 Å². The Kier molecular flexibility index (Phi) is 2.19. The third-order valence-corrected chi connectivity index (χ3v) is 2.68. The molecule has 6 nitrogen and oxygen atoms in total. The molecule has 7 heteroatoms. The van der Waals surface area contributed by atoms with Gasteiger partial charge >= 0.3 is 0 Å². The molecule has 2 aromatic rings. The van der Waals surface area contributed by atoms with Crippen molar-refractivity contribution < 1.29 is 14.0 Å². The average Bonchev–Trinajstić information content (AvgIpc) is 2.77. The van der Waals surface area contributed by atoms with E-state index in [9.17, 15) is 14.0 Å². The van der Waals surface area contributed by atoms with Gasteiger partial charge in [-0.05, 0) is 17.7 Å². The van der Waals surface area contributed by atoms with E-state index in [0.717, 1.165) is 10.7 Å². The number of fused-ring (bicyclic) bond motifs is 1. The molecular formula is C11H7FN4O2. The summed E-state index contributed by atoms with van der Waals surface area (Å²) in [5.74, 6) is -2.60. The van der Waals surface area contributed by atoms with E-state index in [1.54, 1.807) is 0 Å². The average molecular weight is 246 g/mol. The fraction of sp³-hybridized carbons (Fsp3) is 0.0909. The predicted molar refractivity (Wildman–Crippen MR) is 58.4 cm³/mol. The summed E-state index contributed by atoms with van der Waals surface area (Å²) in [4.78, 5) is 27.6. The Balaban J connectivity index is 2.08. The number of amides is 1. The number of rotatable bonds is 1. The summed E-state index contributed by atoms with van der Waals surface area (Å²) in [6.45, 7) is 0. The van der Waals surface area contributed by atoms with Crippen LogP contribution in [0.5, 0.6) is 0 Å². The zero-order valence-electron chi connectivity index (χ0n) is 9.00. The molecule has 1 atom stereocenters. The van der Waals surface area contributed by atoms with Gasteiger partial charge in [-0.1, -0.05) is 12.1 Å². The summed E-state index contributed by atoms with van der Waals surface area (Å²) in [6, 6.07) is 5.37. The minimum atomic E-state index is -1.10. The Morgan fingerprint density at radius 2 is 2.17 bits per heavy atom. The summed E-state index contributed by atoms with van der Waals surface area (Å²) in [7, 11) is 0. The van der Waals surface area contributed by atoms with Gasteiger partial charge in [-0.25, -0.2) is 4.39 Å². The summed E-state index contributed by atoms with van der Waals surface area (Å²) in [6.07, 6.45) is 1.17. The fourth-order valence-electron chi connectivity index (χ4n) is 1.88. The van der Waals surface area contributed by atoms with Crippen LogP contribution in [0.25, 0.3) is 0 Å². The number of carbonyl (C=O) groups excluding carboxylic acids is 2. The molecule has 1 unspecified atom stereocenters. The predicted octanol–water partition coefficient (Wildman–Crippen LogP) is 0.793. The van der Waals surface area contributed by atoms with Crippen LogP contribution in [0.15, 0.2) is 30.6 Å². The first-order chi connectivity index (χ1) is 8.66. The van der Waals surface area contributed by atoms with Gasteiger partial charge in [-0.15, -0.1) is 0 Å². The second-order valence-electron chi connectivity index (χ2n) is 3.81. The van der Waals surface area contributed by atoms with E-state index >= 15 is 0 Å². The number of halogens is 1. The number of anilines is 1. The van der Waals surface area contributed by atoms with Gasteiger partial charge in [-0.2, -0.15) is 14.8 Å². The van der Waals surface area contributed by atoms with Crippen LogP contribution in [0.3, 0.4) is 0 Å². The molecule has 18 heavy (non-hydrogen) atoms. The highest BCUT2D eigenvalue weighted by Gasteiger charge is 2.37. The Morgan fingerprint density at radius 3 is 2.94 bits per heavy atom. The highest BCUT2D eigenvalue weighted by molar-refractivity contribution is 6.14. The molecule has 1 amide bonds. The second kappa shape index (κ2) is 3.73. The van der Waals surface area contributed by atoms with Gasteiger partial charge in [0, 0.05) is 0 Å². The number of aromatic nitrogens is 3. The van der Waals surface area contributed by atoms with Gasteiger partial charge in [0.2, 0.25) is 11.9 Å². The lowest BCUT2D eigenvalue weighted by Crippen LogP contribution is -2.38. The second-order valence-corrected chi connectivity index (χ2v) is 3.81. The van der Waals surface area contributed by atoms with Crippen LogP contribution in [0.2, 0.25) is 0 Å². The molecule has 0 fully saturated rings. The van der Waals surface area contributed by atoms with Crippen LogP contribution in [0, 0.1) is 5.82 Å². The lowest BCUT2D eigenvalue weighted by Gasteiger charge is -2.20. The molecule has 0 saturated heterocycles. The normalized spacial score (nSPS) is 18.4. The van der Waals surface area contributed by atoms with Crippen LogP contribution in [0.1, 0.15) is 16.3 Å². The minimum absolute atomic E-state index is 0.0812. The third kappa shape index (κ3) is 1.48. The van der Waals surface area contributed by atoms with E-state index in [-0.39, 0.29) is 5.95 Å². The van der Waals surface area contributed by atoms with Crippen LogP contribution in [-0.2, 0) is 4.79 Å². The number of hydrogen-bond donors (Lipinski definition) is 1. The maximum absolute atomic E-state index is 13.1. The summed E-state index contributed by atoms with van der Waals surface area (Å²) < 4.78 is 14.1. The standard InChI is InChI=1S/C11H7FN4O2/c12-7-3-1-2-6(4-7)8-9(17)15-11-13-5-14-16(11)10(8)18/h1-5,8H,(H,13,14,15,17). The molecule has 1 aromatic heterocycles. The minimum Gasteiger partial charge on any atom is -0.293 e. The van der Waals surface area contributed by atoms with Crippen molar-refractivity contribution in [3.8, 4) is 0 Å². The highest BCUT2D eigenvalue weighted by Crippen LogP contribution is 2.25. The smallest absolute Gasteiger partial charge is 0.267 e. The van der Waals surface area contributed by atoms with Crippen molar-refractivity contribution in [2.24, 2.45) is 0 Å². The molecule has 1 N–H and O–H groups in total. The lowest BCUT2D eigenvalue weighted by atomic mass is 9.96. The molecule has 3 rings (SSSR count). The molecule has 1 aliphatic heterocycles. The van der Waals surface area contributed by atoms with Crippen LogP contribution >= 0.6 is 0 Å². The van der Waals surface area contributed by atoms with Gasteiger partial charge in [-0.3, -0.25) is 14.9 Å². The number of carbonyl (C=O) groups is 2. The van der Waals surface area contributed by atoms with Gasteiger partial charge in [0.15, 0.2) is 0 Å². The Labute approximate surface area is 100 Å². The Morgan fingerprint density at radius 1 is 1.33 bits per heavy atom. The van der Waals surface area contributed by atoms with Crippen molar-refractivity contribution in [2.75, 3.05) is 5.32 Å². The number of nitrogens with one attached hydrogen (secondary N) is 1. The first-order valence-corrected chi connectivity index (χ1v) is 5.17. The van der Waals surface area contributed by atoms with Crippen molar-refractivity contribution >= 4 is 17.8 Å². The summed E-state index contributed by atoms with van der Waals surface area (Å²) in [5, 5.41) is 6.16. The SMILES string of the molecule is O=C1Nc2ncnn2C(=O)C1c1cccc(F)c1. The first kappa shape index (κ1) is 10.6. The molecule has 90 valence electrons. The zero-order valence-corrected chi connectivity index (χ0v) is 9.00. The van der Waals surface area contributed by atoms with E-state index in [1.807, 2.05) is 0 Å². The van der Waals surface area contributed by atoms with Gasteiger partial charge in [0.1, 0.15) is 18.1 Å². The number of hydrogen-bond acceptors (Lipinski definition) is 4. The molecule has 0 spiro atoms. The fourth-order valence-corrected chi connectivity index (χ4v) is 1.88. The van der Waals surface area contributed by atoms with Crippen molar-refractivity contribution in [1.82, 2.24) is 14.8 Å². The van der Waals surface area contributed by atoms with E-state index in [0.29, 0.717) is 5.56 Å². The van der Waals surface area contributed by atoms with Crippen molar-refractivity contribution in [2.45, 2.75) is 5.92 Å². The Bertz CT molecular complexity index is 652. The lowest BCUT2D eigenvalue weighted by molar-refractivity contribution is -0.117. The van der Waals surface area contributed by atoms with Gasteiger partial charge < -0.3 is 0 Å². The van der Waals surface area contributed by atoms with Gasteiger partial charge in [0.25, 0.3) is 5.91 Å². The first-order valence-electron chi connectivity index (χ1n) is 5.17. The molecule has 1 aromatic carbocycles. The van der Waals surface area contributed by atoms with Crippen LogP contribution in [0.4, 0.5) is 10.3 Å². The molecule has 1 aliphatic rings. The summed E-state index contributed by atoms with van der Waals surface area (Å²) in [5.41, 5.74) is 0.290. The van der Waals surface area contributed by atoms with Gasteiger partial charge in [0.05, 0.1) is 0 Å². The van der Waals surface area contributed by atoms with E-state index < -0.39 is 23.5 Å². The topological polar surface area (TPSA) is 76.9 Å². The highest BCUT2D eigenvalue weighted by atomic mass is 19.1. The maximum atomic E-state index is 13.1. The largest absolute Gasteiger partial charge is 0.293 e. The van der Waals surface area contributed by atoms with Crippen molar-refractivity contribution in [3.63, 3.8) is 0 Å². The molecular weight excluding hydrogens is 239 g/mol. The van der Waals surface area contributed by atoms with E-state index in [2.05, 4.69) is 15.4 Å². The van der Waals surface area contributed by atoms with Crippen LogP contribution < -0.4 is 5.32 Å². The summed E-state index contributed by atoms with van der Waals surface area (Å²) >= 11 is 0. The molecule has 0 saturated carbocycles. The monoisotopic (exact) mass is 246 g/mol. The van der Waals surface area contributed by atoms with Crippen molar-refractivity contribution in [1.29, 1.82) is 0 Å². The van der Waals surface area contributed by atoms with E-state index in [1.165, 1.54) is 24.5 Å². The molecule has 0 bridgehead atoms. The number of benzene rings is 1. The van der Waals surface area contributed by atoms with Crippen LogP contribution in [-0.4, -0.2) is 26.6 Å². The maximum Gasteiger partial charge on any atom is 0.267 e. The quantitative estimate of drug-likeness (QED) is 0.755. The molecule has 0 aliphatic carbocycles. The molecule has 2 heterocycles.